The molecule has 1 aromatic heterocycles. The summed E-state index contributed by atoms with van der Waals surface area (Å²) in [5.74, 6) is 0.747. The maximum Gasteiger partial charge on any atom is 0.391 e. The van der Waals surface area contributed by atoms with Gasteiger partial charge in [0.1, 0.15) is 5.76 Å². The van der Waals surface area contributed by atoms with Gasteiger partial charge in [-0.2, -0.15) is 0 Å². The first kappa shape index (κ1) is 7.59. The number of carbonyl (C=O) groups excluding carboxylic acids is 1. The van der Waals surface area contributed by atoms with Crippen LogP contribution in [0.2, 0.25) is 0 Å². The number of hydrogen-bond donors (Lipinski definition) is 2. The summed E-state index contributed by atoms with van der Waals surface area (Å²) >= 11 is 0. The second-order valence-corrected chi connectivity index (χ2v) is 1.97. The normalized spacial score (nSPS) is 9.55. The summed E-state index contributed by atoms with van der Waals surface area (Å²) in [7, 11) is 0. The zero-order chi connectivity index (χ0) is 8.27. The van der Waals surface area contributed by atoms with Crippen LogP contribution in [0.15, 0.2) is 8.83 Å². The highest BCUT2D eigenvalue weighted by Crippen LogP contribution is 2.02. The molecule has 0 aromatic carbocycles. The molecule has 1 aromatic rings. The van der Waals surface area contributed by atoms with E-state index in [0.29, 0.717) is 17.9 Å². The van der Waals surface area contributed by atoms with Gasteiger partial charge >= 0.3 is 5.75 Å². The molecule has 5 nitrogen and oxygen atoms in total. The first-order valence-corrected chi connectivity index (χ1v) is 3.05. The van der Waals surface area contributed by atoms with E-state index >= 15 is 0 Å². The van der Waals surface area contributed by atoms with Crippen molar-refractivity contribution in [1.82, 2.24) is 5.32 Å². The molecule has 0 aliphatic carbocycles. The van der Waals surface area contributed by atoms with E-state index in [2.05, 4.69) is 5.32 Å². The van der Waals surface area contributed by atoms with Crippen LogP contribution in [0.4, 0.5) is 0 Å². The molecule has 1 amide bonds. The van der Waals surface area contributed by atoms with Gasteiger partial charge in [0, 0.05) is 0 Å². The molecule has 0 aliphatic heterocycles. The van der Waals surface area contributed by atoms with Gasteiger partial charge in [0.2, 0.25) is 6.41 Å². The number of nitrogens with one attached hydrogen (secondary N) is 2. The van der Waals surface area contributed by atoms with Crippen LogP contribution in [-0.2, 0) is 11.3 Å². The third-order valence-electron chi connectivity index (χ3n) is 1.20. The van der Waals surface area contributed by atoms with Gasteiger partial charge in [-0.05, 0) is 6.92 Å². The smallest absolute Gasteiger partial charge is 0.391 e. The molecule has 0 radical (unpaired) electrons. The third-order valence-corrected chi connectivity index (χ3v) is 1.20. The fraction of sp³-hybridized carbons (Fsp3) is 0.333. The number of aryl methyl sites for hydroxylation is 1. The zero-order valence-corrected chi connectivity index (χ0v) is 6.01. The van der Waals surface area contributed by atoms with E-state index in [-0.39, 0.29) is 12.3 Å². The minimum atomic E-state index is -0.245. The van der Waals surface area contributed by atoms with E-state index in [4.69, 9.17) is 14.2 Å². The summed E-state index contributed by atoms with van der Waals surface area (Å²) in [6.45, 7) is 1.93. The monoisotopic (exact) mass is 156 g/mol. The highest BCUT2D eigenvalue weighted by Gasteiger charge is 2.04. The lowest BCUT2D eigenvalue weighted by Crippen LogP contribution is -2.09. The Morgan fingerprint density at radius 1 is 1.64 bits per heavy atom. The molecule has 1 rings (SSSR count). The van der Waals surface area contributed by atoms with Gasteiger partial charge in [-0.3, -0.25) is 4.79 Å². The third kappa shape index (κ3) is 1.70. The molecule has 60 valence electrons. The highest BCUT2D eigenvalue weighted by atomic mass is 16.5. The molecular weight excluding hydrogens is 148 g/mol. The predicted octanol–water partition coefficient (Wildman–Crippen LogP) is -0.0935. The Morgan fingerprint density at radius 3 is 2.82 bits per heavy atom. The van der Waals surface area contributed by atoms with Crippen molar-refractivity contribution in [3.63, 3.8) is 0 Å². The molecule has 11 heavy (non-hydrogen) atoms. The number of hydrogen-bond acceptors (Lipinski definition) is 4. The van der Waals surface area contributed by atoms with Crippen molar-refractivity contribution in [3.05, 3.63) is 17.3 Å². The fourth-order valence-corrected chi connectivity index (χ4v) is 0.695. The number of rotatable bonds is 3. The Labute approximate surface area is 62.5 Å². The van der Waals surface area contributed by atoms with Crippen molar-refractivity contribution < 1.29 is 13.6 Å². The summed E-state index contributed by atoms with van der Waals surface area (Å²) in [6.07, 6.45) is 0.561. The topological polar surface area (TPSA) is 79.2 Å². The minimum absolute atomic E-state index is 0.245. The van der Waals surface area contributed by atoms with Crippen molar-refractivity contribution in [2.75, 3.05) is 0 Å². The van der Waals surface area contributed by atoms with Crippen molar-refractivity contribution in [1.29, 1.82) is 5.41 Å². The van der Waals surface area contributed by atoms with Crippen molar-refractivity contribution in [2.24, 2.45) is 0 Å². The lowest BCUT2D eigenvalue weighted by molar-refractivity contribution is -0.109. The van der Waals surface area contributed by atoms with E-state index in [1.807, 2.05) is 0 Å². The predicted molar refractivity (Wildman–Crippen MR) is 34.5 cm³/mol. The SMILES string of the molecule is Cc1oc(=N)oc1CNC=O. The van der Waals surface area contributed by atoms with Gasteiger partial charge in [-0.15, -0.1) is 0 Å². The Kier molecular flexibility index (Phi) is 2.10. The van der Waals surface area contributed by atoms with Crippen LogP contribution in [0.3, 0.4) is 0 Å². The van der Waals surface area contributed by atoms with Crippen LogP contribution in [0, 0.1) is 12.3 Å². The van der Waals surface area contributed by atoms with Crippen LogP contribution in [-0.4, -0.2) is 6.41 Å². The molecule has 0 atom stereocenters. The lowest BCUT2D eigenvalue weighted by Gasteiger charge is -1.91. The van der Waals surface area contributed by atoms with Crippen LogP contribution in [0.5, 0.6) is 0 Å². The Bertz CT molecular complexity index is 299. The molecule has 0 unspecified atom stereocenters. The fourth-order valence-electron chi connectivity index (χ4n) is 0.695. The Morgan fingerprint density at radius 2 is 2.36 bits per heavy atom. The molecule has 0 saturated carbocycles. The minimum Gasteiger partial charge on any atom is -0.413 e. The van der Waals surface area contributed by atoms with E-state index in [9.17, 15) is 4.79 Å². The molecular formula is C6H8N2O3. The summed E-state index contributed by atoms with van der Waals surface area (Å²) in [6, 6.07) is 0. The van der Waals surface area contributed by atoms with E-state index < -0.39 is 0 Å². The lowest BCUT2D eigenvalue weighted by atomic mass is 10.4. The van der Waals surface area contributed by atoms with E-state index in [0.717, 1.165) is 0 Å². The highest BCUT2D eigenvalue weighted by molar-refractivity contribution is 5.45. The summed E-state index contributed by atoms with van der Waals surface area (Å²) in [5.41, 5.74) is 0. The first-order chi connectivity index (χ1) is 5.24. The second-order valence-electron chi connectivity index (χ2n) is 1.97. The standard InChI is InChI=1S/C6H8N2O3/c1-4-5(2-8-3-9)11-6(7)10-4/h3,7H,2H2,1H3,(H,8,9). The number of amides is 1. The van der Waals surface area contributed by atoms with Gasteiger partial charge in [-0.1, -0.05) is 0 Å². The van der Waals surface area contributed by atoms with Crippen LogP contribution in [0.25, 0.3) is 0 Å². The summed E-state index contributed by atoms with van der Waals surface area (Å²) < 4.78 is 9.55. The molecule has 0 bridgehead atoms. The maximum absolute atomic E-state index is 9.87. The molecule has 0 fully saturated rings. The molecule has 0 aliphatic rings. The largest absolute Gasteiger partial charge is 0.413 e. The van der Waals surface area contributed by atoms with Crippen molar-refractivity contribution in [3.8, 4) is 0 Å². The zero-order valence-electron chi connectivity index (χ0n) is 6.01. The van der Waals surface area contributed by atoms with Gasteiger partial charge in [0.15, 0.2) is 5.76 Å². The first-order valence-electron chi connectivity index (χ1n) is 3.05. The summed E-state index contributed by atoms with van der Waals surface area (Å²) in [5, 5.41) is 9.34. The Balaban J connectivity index is 2.77. The van der Waals surface area contributed by atoms with Gasteiger partial charge in [-0.25, -0.2) is 5.41 Å². The van der Waals surface area contributed by atoms with Gasteiger partial charge in [0.25, 0.3) is 0 Å². The van der Waals surface area contributed by atoms with Crippen LogP contribution in [0.1, 0.15) is 11.5 Å². The molecule has 1 heterocycles. The molecule has 0 saturated heterocycles. The quantitative estimate of drug-likeness (QED) is 0.600. The molecule has 2 N–H and O–H groups in total. The average molecular weight is 156 g/mol. The van der Waals surface area contributed by atoms with Crippen LogP contribution >= 0.6 is 0 Å². The van der Waals surface area contributed by atoms with E-state index in [1.165, 1.54) is 0 Å². The summed E-state index contributed by atoms with van der Waals surface area (Å²) in [4.78, 5) is 9.87. The Hall–Kier alpha value is -1.52. The molecule has 5 heteroatoms. The van der Waals surface area contributed by atoms with Crippen molar-refractivity contribution in [2.45, 2.75) is 13.5 Å². The van der Waals surface area contributed by atoms with Crippen LogP contribution < -0.4 is 11.1 Å². The van der Waals surface area contributed by atoms with Crippen molar-refractivity contribution >= 4 is 6.41 Å². The maximum atomic E-state index is 9.87. The van der Waals surface area contributed by atoms with E-state index in [1.54, 1.807) is 6.92 Å². The number of carbonyl (C=O) groups is 1. The van der Waals surface area contributed by atoms with Gasteiger partial charge < -0.3 is 14.2 Å². The molecule has 0 spiro atoms. The van der Waals surface area contributed by atoms with Gasteiger partial charge in [0.05, 0.1) is 6.54 Å². The average Bonchev–Trinajstić information content (AvgIpc) is 2.26. The second kappa shape index (κ2) is 3.05.